The third-order valence-electron chi connectivity index (χ3n) is 2.71. The van der Waals surface area contributed by atoms with Crippen LogP contribution >= 0.6 is 11.8 Å². The molecule has 15 heavy (non-hydrogen) atoms. The molecule has 1 saturated heterocycles. The van der Waals surface area contributed by atoms with Crippen molar-refractivity contribution in [2.24, 2.45) is 5.73 Å². The van der Waals surface area contributed by atoms with E-state index >= 15 is 0 Å². The van der Waals surface area contributed by atoms with Crippen molar-refractivity contribution < 1.29 is 4.79 Å². The number of nitrogens with two attached hydrogens (primary N) is 1. The molecule has 4 heteroatoms. The maximum Gasteiger partial charge on any atom is 0.236 e. The molecule has 0 aromatic heterocycles. The van der Waals surface area contributed by atoms with E-state index in [4.69, 9.17) is 5.73 Å². The molecule has 0 spiro atoms. The number of hydrogen-bond acceptors (Lipinski definition) is 3. The zero-order valence-electron chi connectivity index (χ0n) is 9.50. The summed E-state index contributed by atoms with van der Waals surface area (Å²) in [6.07, 6.45) is 5.60. The first kappa shape index (κ1) is 12.8. The molecule has 1 amide bonds. The van der Waals surface area contributed by atoms with Gasteiger partial charge in [-0.25, -0.2) is 0 Å². The molecule has 2 atom stereocenters. The molecule has 0 aromatic rings. The average Bonchev–Trinajstić information content (AvgIpc) is 2.27. The van der Waals surface area contributed by atoms with Crippen LogP contribution in [0.2, 0.25) is 0 Å². The van der Waals surface area contributed by atoms with Crippen LogP contribution in [0.3, 0.4) is 0 Å². The van der Waals surface area contributed by atoms with Gasteiger partial charge in [0.1, 0.15) is 0 Å². The van der Waals surface area contributed by atoms with E-state index in [0.717, 1.165) is 19.4 Å². The van der Waals surface area contributed by atoms with E-state index in [2.05, 4.69) is 5.32 Å². The fourth-order valence-electron chi connectivity index (χ4n) is 1.76. The molecule has 0 bridgehead atoms. The highest BCUT2D eigenvalue weighted by atomic mass is 32.2. The summed E-state index contributed by atoms with van der Waals surface area (Å²) in [4.78, 5) is 11.5. The molecule has 0 aromatic carbocycles. The topological polar surface area (TPSA) is 55.1 Å². The van der Waals surface area contributed by atoms with Crippen molar-refractivity contribution in [3.05, 3.63) is 0 Å². The smallest absolute Gasteiger partial charge is 0.236 e. The predicted octanol–water partition coefficient (Wildman–Crippen LogP) is 1.52. The van der Waals surface area contributed by atoms with E-state index in [0.29, 0.717) is 5.25 Å². The molecular formula is C11H22N2OS. The Hall–Kier alpha value is -0.220. The molecule has 0 aliphatic carbocycles. The largest absolute Gasteiger partial charge is 0.354 e. The van der Waals surface area contributed by atoms with Gasteiger partial charge in [0.2, 0.25) is 5.91 Å². The summed E-state index contributed by atoms with van der Waals surface area (Å²) >= 11 is 1.97. The summed E-state index contributed by atoms with van der Waals surface area (Å²) in [7, 11) is 0. The first-order chi connectivity index (χ1) is 7.24. The van der Waals surface area contributed by atoms with E-state index in [1.165, 1.54) is 25.0 Å². The van der Waals surface area contributed by atoms with Crippen molar-refractivity contribution in [2.75, 3.05) is 12.3 Å². The van der Waals surface area contributed by atoms with Gasteiger partial charge in [-0.05, 0) is 25.0 Å². The molecule has 1 aliphatic heterocycles. The van der Waals surface area contributed by atoms with Crippen molar-refractivity contribution in [1.82, 2.24) is 5.32 Å². The van der Waals surface area contributed by atoms with E-state index in [9.17, 15) is 4.79 Å². The summed E-state index contributed by atoms with van der Waals surface area (Å²) in [6.45, 7) is 2.84. The lowest BCUT2D eigenvalue weighted by atomic mass is 10.1. The second-order valence-electron chi connectivity index (χ2n) is 4.13. The van der Waals surface area contributed by atoms with E-state index in [1.807, 2.05) is 18.7 Å². The van der Waals surface area contributed by atoms with Gasteiger partial charge < -0.3 is 11.1 Å². The lowest BCUT2D eigenvalue weighted by Gasteiger charge is -2.22. The predicted molar refractivity (Wildman–Crippen MR) is 66.0 cm³/mol. The molecule has 1 aliphatic rings. The zero-order chi connectivity index (χ0) is 11.1. The monoisotopic (exact) mass is 230 g/mol. The third kappa shape index (κ3) is 4.89. The first-order valence-corrected chi connectivity index (χ1v) is 6.93. The lowest BCUT2D eigenvalue weighted by Crippen LogP contribution is -2.43. The fraction of sp³-hybridized carbons (Fsp3) is 0.909. The third-order valence-corrected chi connectivity index (χ3v) is 4.11. The quantitative estimate of drug-likeness (QED) is 0.753. The standard InChI is InChI=1S/C11H22N2OS/c1-2-5-10(12)11(14)13-8-9-6-3-4-7-15-9/h9-10H,2-8,12H2,1H3,(H,13,14)/t9?,10-/m1/s1. The summed E-state index contributed by atoms with van der Waals surface area (Å²) in [5.74, 6) is 1.25. The normalized spacial score (nSPS) is 23.5. The van der Waals surface area contributed by atoms with Gasteiger partial charge in [0.15, 0.2) is 0 Å². The summed E-state index contributed by atoms with van der Waals surface area (Å²) in [6, 6.07) is -0.316. The van der Waals surface area contributed by atoms with Crippen LogP contribution in [0, 0.1) is 0 Å². The van der Waals surface area contributed by atoms with Crippen molar-refractivity contribution >= 4 is 17.7 Å². The van der Waals surface area contributed by atoms with Gasteiger partial charge in [0, 0.05) is 11.8 Å². The second-order valence-corrected chi connectivity index (χ2v) is 5.54. The van der Waals surface area contributed by atoms with Crippen molar-refractivity contribution in [3.63, 3.8) is 0 Å². The summed E-state index contributed by atoms with van der Waals surface area (Å²) < 4.78 is 0. The van der Waals surface area contributed by atoms with E-state index < -0.39 is 0 Å². The molecule has 0 saturated carbocycles. The maximum absolute atomic E-state index is 11.5. The minimum atomic E-state index is -0.316. The second kappa shape index (κ2) is 7.12. The highest BCUT2D eigenvalue weighted by Gasteiger charge is 2.17. The van der Waals surface area contributed by atoms with Crippen molar-refractivity contribution in [2.45, 2.75) is 50.3 Å². The Morgan fingerprint density at radius 3 is 3.00 bits per heavy atom. The minimum Gasteiger partial charge on any atom is -0.354 e. The van der Waals surface area contributed by atoms with Crippen LogP contribution in [0.1, 0.15) is 39.0 Å². The van der Waals surface area contributed by atoms with Crippen LogP contribution < -0.4 is 11.1 Å². The Bertz CT molecular complexity index is 193. The van der Waals surface area contributed by atoms with Gasteiger partial charge in [0.05, 0.1) is 6.04 Å². The van der Waals surface area contributed by atoms with Gasteiger partial charge >= 0.3 is 0 Å². The number of thioether (sulfide) groups is 1. The Balaban J connectivity index is 2.14. The number of hydrogen-bond donors (Lipinski definition) is 2. The van der Waals surface area contributed by atoms with Crippen molar-refractivity contribution in [1.29, 1.82) is 0 Å². The highest BCUT2D eigenvalue weighted by Crippen LogP contribution is 2.24. The fourth-order valence-corrected chi connectivity index (χ4v) is 2.99. The van der Waals surface area contributed by atoms with Crippen molar-refractivity contribution in [3.8, 4) is 0 Å². The number of carbonyl (C=O) groups is 1. The SMILES string of the molecule is CCC[C@@H](N)C(=O)NCC1CCCCS1. The minimum absolute atomic E-state index is 0.0167. The molecule has 3 nitrogen and oxygen atoms in total. The zero-order valence-corrected chi connectivity index (χ0v) is 10.3. The highest BCUT2D eigenvalue weighted by molar-refractivity contribution is 7.99. The molecule has 88 valence electrons. The Labute approximate surface area is 96.6 Å². The summed E-state index contributed by atoms with van der Waals surface area (Å²) in [5, 5.41) is 3.56. The number of carbonyl (C=O) groups excluding carboxylic acids is 1. The average molecular weight is 230 g/mol. The first-order valence-electron chi connectivity index (χ1n) is 5.89. The number of amides is 1. The summed E-state index contributed by atoms with van der Waals surface area (Å²) in [5.41, 5.74) is 5.72. The molecule has 3 N–H and O–H groups in total. The Morgan fingerprint density at radius 2 is 2.40 bits per heavy atom. The molecule has 0 radical (unpaired) electrons. The van der Waals surface area contributed by atoms with Gasteiger partial charge in [-0.1, -0.05) is 19.8 Å². The van der Waals surface area contributed by atoms with Crippen LogP contribution in [0.5, 0.6) is 0 Å². The van der Waals surface area contributed by atoms with E-state index in [-0.39, 0.29) is 11.9 Å². The van der Waals surface area contributed by atoms with Gasteiger partial charge in [0.25, 0.3) is 0 Å². The van der Waals surface area contributed by atoms with Crippen LogP contribution in [0.15, 0.2) is 0 Å². The molecule has 1 unspecified atom stereocenters. The van der Waals surface area contributed by atoms with Gasteiger partial charge in [-0.3, -0.25) is 4.79 Å². The molecule has 1 rings (SSSR count). The van der Waals surface area contributed by atoms with Crippen LogP contribution in [-0.2, 0) is 4.79 Å². The Morgan fingerprint density at radius 1 is 1.60 bits per heavy atom. The van der Waals surface area contributed by atoms with Crippen LogP contribution in [0.4, 0.5) is 0 Å². The number of nitrogens with one attached hydrogen (secondary N) is 1. The van der Waals surface area contributed by atoms with E-state index in [1.54, 1.807) is 0 Å². The molecule has 1 fully saturated rings. The molecule has 1 heterocycles. The maximum atomic E-state index is 11.5. The molecular weight excluding hydrogens is 208 g/mol. The van der Waals surface area contributed by atoms with Gasteiger partial charge in [-0.2, -0.15) is 11.8 Å². The Kier molecular flexibility index (Phi) is 6.10. The van der Waals surface area contributed by atoms with Crippen LogP contribution in [0.25, 0.3) is 0 Å². The lowest BCUT2D eigenvalue weighted by molar-refractivity contribution is -0.122. The number of rotatable bonds is 5. The van der Waals surface area contributed by atoms with Crippen LogP contribution in [-0.4, -0.2) is 29.5 Å². The van der Waals surface area contributed by atoms with Gasteiger partial charge in [-0.15, -0.1) is 0 Å².